The fourth-order valence-corrected chi connectivity index (χ4v) is 1.91. The maximum atomic E-state index is 9.46. The molecule has 12 heavy (non-hydrogen) atoms. The molecule has 2 nitrogen and oxygen atoms in total. The van der Waals surface area contributed by atoms with E-state index in [0.29, 0.717) is 0 Å². The van der Waals surface area contributed by atoms with Crippen LogP contribution in [0.15, 0.2) is 18.3 Å². The highest BCUT2D eigenvalue weighted by Crippen LogP contribution is 2.33. The highest BCUT2D eigenvalue weighted by molar-refractivity contribution is 5.29. The summed E-state index contributed by atoms with van der Waals surface area (Å²) in [5.74, 6) is 0.265. The van der Waals surface area contributed by atoms with Crippen molar-refractivity contribution in [2.24, 2.45) is 0 Å². The maximum absolute atomic E-state index is 9.46. The van der Waals surface area contributed by atoms with Gasteiger partial charge in [0.1, 0.15) is 0 Å². The van der Waals surface area contributed by atoms with Gasteiger partial charge in [0.15, 0.2) is 0 Å². The van der Waals surface area contributed by atoms with Gasteiger partial charge in [-0.25, -0.2) is 0 Å². The van der Waals surface area contributed by atoms with Gasteiger partial charge >= 0.3 is 0 Å². The standard InChI is InChI=1S/C10H13NO/c1-7(12)9-5-4-8-3-2-6-11-10(8)9/h2-3,6-7,9,12H,4-5H2,1H3. The molecule has 64 valence electrons. The summed E-state index contributed by atoms with van der Waals surface area (Å²) >= 11 is 0. The van der Waals surface area contributed by atoms with Crippen LogP contribution in [0.5, 0.6) is 0 Å². The van der Waals surface area contributed by atoms with E-state index in [1.165, 1.54) is 5.56 Å². The molecule has 0 aliphatic heterocycles. The van der Waals surface area contributed by atoms with Gasteiger partial charge in [-0.15, -0.1) is 0 Å². The minimum atomic E-state index is -0.263. The summed E-state index contributed by atoms with van der Waals surface area (Å²) in [7, 11) is 0. The molecule has 2 unspecified atom stereocenters. The molecule has 1 aliphatic carbocycles. The molecule has 1 aliphatic rings. The minimum absolute atomic E-state index is 0.263. The first kappa shape index (κ1) is 7.74. The van der Waals surface area contributed by atoms with Crippen LogP contribution in [0.3, 0.4) is 0 Å². The monoisotopic (exact) mass is 163 g/mol. The molecule has 0 spiro atoms. The molecule has 1 N–H and O–H groups in total. The molecule has 0 fully saturated rings. The molecule has 1 aromatic heterocycles. The van der Waals surface area contributed by atoms with Crippen molar-refractivity contribution in [2.45, 2.75) is 31.8 Å². The van der Waals surface area contributed by atoms with Crippen molar-refractivity contribution in [3.05, 3.63) is 29.6 Å². The fraction of sp³-hybridized carbons (Fsp3) is 0.500. The number of hydrogen-bond donors (Lipinski definition) is 1. The lowest BCUT2D eigenvalue weighted by atomic mass is 10.0. The second-order valence-electron chi connectivity index (χ2n) is 3.43. The van der Waals surface area contributed by atoms with E-state index in [1.54, 1.807) is 6.20 Å². The van der Waals surface area contributed by atoms with Crippen LogP contribution in [-0.2, 0) is 6.42 Å². The summed E-state index contributed by atoms with van der Waals surface area (Å²) in [5, 5.41) is 9.46. The molecule has 0 saturated heterocycles. The summed E-state index contributed by atoms with van der Waals surface area (Å²) in [4.78, 5) is 4.30. The van der Waals surface area contributed by atoms with E-state index in [-0.39, 0.29) is 12.0 Å². The highest BCUT2D eigenvalue weighted by Gasteiger charge is 2.26. The molecule has 0 saturated carbocycles. The number of nitrogens with zero attached hydrogens (tertiary/aromatic N) is 1. The predicted molar refractivity (Wildman–Crippen MR) is 47.0 cm³/mol. The summed E-state index contributed by atoms with van der Waals surface area (Å²) in [6, 6.07) is 4.06. The molecule has 2 heteroatoms. The van der Waals surface area contributed by atoms with Gasteiger partial charge < -0.3 is 5.11 Å². The Morgan fingerprint density at radius 2 is 2.50 bits per heavy atom. The second-order valence-corrected chi connectivity index (χ2v) is 3.43. The van der Waals surface area contributed by atoms with Crippen molar-refractivity contribution in [1.82, 2.24) is 4.98 Å². The zero-order valence-electron chi connectivity index (χ0n) is 7.20. The number of fused-ring (bicyclic) bond motifs is 1. The lowest BCUT2D eigenvalue weighted by Gasteiger charge is -2.12. The van der Waals surface area contributed by atoms with E-state index >= 15 is 0 Å². The van der Waals surface area contributed by atoms with Crippen LogP contribution < -0.4 is 0 Å². The molecular weight excluding hydrogens is 150 g/mol. The second kappa shape index (κ2) is 2.87. The predicted octanol–water partition coefficient (Wildman–Crippen LogP) is 1.49. The van der Waals surface area contributed by atoms with Crippen LogP contribution in [-0.4, -0.2) is 16.2 Å². The molecule has 2 atom stereocenters. The largest absolute Gasteiger partial charge is 0.393 e. The van der Waals surface area contributed by atoms with Crippen LogP contribution >= 0.6 is 0 Å². The number of aliphatic hydroxyl groups excluding tert-OH is 1. The molecule has 0 aromatic carbocycles. The lowest BCUT2D eigenvalue weighted by Crippen LogP contribution is -2.12. The van der Waals surface area contributed by atoms with Crippen molar-refractivity contribution < 1.29 is 5.11 Å². The Hall–Kier alpha value is -0.890. The highest BCUT2D eigenvalue weighted by atomic mass is 16.3. The average molecular weight is 163 g/mol. The van der Waals surface area contributed by atoms with E-state index in [2.05, 4.69) is 11.1 Å². The van der Waals surface area contributed by atoms with Crippen LogP contribution in [0, 0.1) is 0 Å². The van der Waals surface area contributed by atoms with Gasteiger partial charge in [-0.1, -0.05) is 6.07 Å². The van der Waals surface area contributed by atoms with Gasteiger partial charge in [-0.3, -0.25) is 4.98 Å². The van der Waals surface area contributed by atoms with Gasteiger partial charge in [0.25, 0.3) is 0 Å². The Balaban J connectivity index is 2.36. The first-order chi connectivity index (χ1) is 5.79. The SMILES string of the molecule is CC(O)C1CCc2cccnc21. The van der Waals surface area contributed by atoms with Gasteiger partial charge in [0.2, 0.25) is 0 Å². The number of hydrogen-bond acceptors (Lipinski definition) is 2. The maximum Gasteiger partial charge on any atom is 0.0595 e. The Labute approximate surface area is 72.3 Å². The summed E-state index contributed by atoms with van der Waals surface area (Å²) in [6.07, 6.45) is 3.66. The van der Waals surface area contributed by atoms with E-state index in [9.17, 15) is 5.11 Å². The topological polar surface area (TPSA) is 33.1 Å². The number of pyridine rings is 1. The Bertz CT molecular complexity index is 283. The Morgan fingerprint density at radius 3 is 3.25 bits per heavy atom. The smallest absolute Gasteiger partial charge is 0.0595 e. The Kier molecular flexibility index (Phi) is 1.85. The van der Waals surface area contributed by atoms with E-state index in [4.69, 9.17) is 0 Å². The van der Waals surface area contributed by atoms with Gasteiger partial charge in [0, 0.05) is 17.8 Å². The van der Waals surface area contributed by atoms with Crippen LogP contribution in [0.4, 0.5) is 0 Å². The van der Waals surface area contributed by atoms with Crippen LogP contribution in [0.2, 0.25) is 0 Å². The summed E-state index contributed by atoms with van der Waals surface area (Å²) in [5.41, 5.74) is 2.41. The zero-order chi connectivity index (χ0) is 8.55. The fourth-order valence-electron chi connectivity index (χ4n) is 1.91. The first-order valence-corrected chi connectivity index (χ1v) is 4.41. The molecule has 1 aromatic rings. The van der Waals surface area contributed by atoms with E-state index < -0.39 is 0 Å². The molecule has 0 bridgehead atoms. The van der Waals surface area contributed by atoms with Gasteiger partial charge in [0.05, 0.1) is 6.10 Å². The third-order valence-corrected chi connectivity index (χ3v) is 2.58. The number of rotatable bonds is 1. The third-order valence-electron chi connectivity index (χ3n) is 2.58. The quantitative estimate of drug-likeness (QED) is 0.680. The van der Waals surface area contributed by atoms with Crippen molar-refractivity contribution >= 4 is 0 Å². The van der Waals surface area contributed by atoms with Crippen LogP contribution in [0.25, 0.3) is 0 Å². The number of aryl methyl sites for hydroxylation is 1. The summed E-state index contributed by atoms with van der Waals surface area (Å²) in [6.45, 7) is 1.84. The molecule has 0 radical (unpaired) electrons. The van der Waals surface area contributed by atoms with Crippen molar-refractivity contribution in [3.63, 3.8) is 0 Å². The van der Waals surface area contributed by atoms with E-state index in [0.717, 1.165) is 18.5 Å². The molecular formula is C10H13NO. The van der Waals surface area contributed by atoms with Gasteiger partial charge in [-0.05, 0) is 31.4 Å². The first-order valence-electron chi connectivity index (χ1n) is 4.41. The van der Waals surface area contributed by atoms with E-state index in [1.807, 2.05) is 13.0 Å². The molecule has 1 heterocycles. The van der Waals surface area contributed by atoms with Crippen molar-refractivity contribution in [2.75, 3.05) is 0 Å². The summed E-state index contributed by atoms with van der Waals surface area (Å²) < 4.78 is 0. The average Bonchev–Trinajstić information content (AvgIpc) is 2.47. The number of aromatic nitrogens is 1. The van der Waals surface area contributed by atoms with Crippen LogP contribution in [0.1, 0.15) is 30.5 Å². The Morgan fingerprint density at radius 1 is 1.67 bits per heavy atom. The normalized spacial score (nSPS) is 23.7. The minimum Gasteiger partial charge on any atom is -0.393 e. The van der Waals surface area contributed by atoms with Crippen molar-refractivity contribution in [1.29, 1.82) is 0 Å². The third kappa shape index (κ3) is 1.12. The number of aliphatic hydroxyl groups is 1. The van der Waals surface area contributed by atoms with Crippen molar-refractivity contribution in [3.8, 4) is 0 Å². The molecule has 0 amide bonds. The molecule has 2 rings (SSSR count). The lowest BCUT2D eigenvalue weighted by molar-refractivity contribution is 0.160. The zero-order valence-corrected chi connectivity index (χ0v) is 7.20. The van der Waals surface area contributed by atoms with Gasteiger partial charge in [-0.2, -0.15) is 0 Å².